The van der Waals surface area contributed by atoms with Gasteiger partial charge in [-0.25, -0.2) is 4.98 Å². The summed E-state index contributed by atoms with van der Waals surface area (Å²) in [6.45, 7) is 1.67. The molecule has 0 spiro atoms. The summed E-state index contributed by atoms with van der Waals surface area (Å²) in [5.74, 6) is -11.9. The molecule has 0 radical (unpaired) electrons. The molecule has 35 heavy (non-hydrogen) atoms. The molecule has 0 saturated heterocycles. The summed E-state index contributed by atoms with van der Waals surface area (Å²) >= 11 is 0. The molecule has 1 aromatic heterocycles. The number of Topliss-reactive ketones (excluding diaryl/α,β-unsaturated/α-hetero) is 1. The number of carbonyl (C=O) groups excluding carboxylic acids is 2. The summed E-state index contributed by atoms with van der Waals surface area (Å²) in [5.41, 5.74) is 4.27. The molecule has 2 aromatic rings. The summed E-state index contributed by atoms with van der Waals surface area (Å²) in [4.78, 5) is 41.6. The van der Waals surface area contributed by atoms with Crippen LogP contribution in [-0.4, -0.2) is 54.0 Å². The maximum Gasteiger partial charge on any atom is 0.253 e. The Morgan fingerprint density at radius 3 is 2.57 bits per heavy atom. The van der Waals surface area contributed by atoms with Gasteiger partial charge in [0.25, 0.3) is 5.91 Å². The van der Waals surface area contributed by atoms with Crippen molar-refractivity contribution < 1.29 is 39.5 Å². The Hall–Kier alpha value is -4.03. The van der Waals surface area contributed by atoms with Gasteiger partial charge in [-0.05, 0) is 17.5 Å². The number of rotatable bonds is 3. The first-order valence-corrected chi connectivity index (χ1v) is 10.7. The molecule has 1 aromatic carbocycles. The number of oxazole rings is 1. The van der Waals surface area contributed by atoms with Crippen molar-refractivity contribution in [3.05, 3.63) is 63.3 Å². The number of nitrogens with zero attached hydrogens (tertiary/aromatic N) is 2. The minimum absolute atomic E-state index is 0.0472. The van der Waals surface area contributed by atoms with E-state index in [0.29, 0.717) is 5.56 Å². The van der Waals surface area contributed by atoms with Crippen LogP contribution in [0.15, 0.2) is 56.9 Å². The normalized spacial score (nSPS) is 29.3. The first kappa shape index (κ1) is 22.7. The summed E-state index contributed by atoms with van der Waals surface area (Å²) < 4.78 is 5.22. The average Bonchev–Trinajstić information content (AvgIpc) is 3.30. The Kier molecular flexibility index (Phi) is 4.86. The molecular weight excluding hydrogens is 462 g/mol. The Bertz CT molecular complexity index is 1340. The molecule has 1 amide bonds. The zero-order valence-corrected chi connectivity index (χ0v) is 18.2. The lowest BCUT2D eigenvalue weighted by atomic mass is 9.56. The standard InChI is InChI=1S/C23H21N3O9/c1-7-8-2-3-9(22-25-4-5-35-22)18(28)13(8)19(29)14-12(7)17(26-34)10-6-11(27)16(21(24)31)23(32,33)15(10)20(14)30/h2-5,7,10,12,15,17,27-28,30,32-33H,6H2,1H3,(H2,24,31)/t7-,10?,12?,15?,17?/m0/s1. The van der Waals surface area contributed by atoms with Gasteiger partial charge < -0.3 is 35.7 Å². The molecule has 5 rings (SSSR count). The summed E-state index contributed by atoms with van der Waals surface area (Å²) in [5, 5.41) is 57.3. The van der Waals surface area contributed by atoms with Crippen LogP contribution in [0, 0.1) is 22.7 Å². The van der Waals surface area contributed by atoms with E-state index < -0.39 is 76.5 Å². The fourth-order valence-corrected chi connectivity index (χ4v) is 5.96. The van der Waals surface area contributed by atoms with Crippen molar-refractivity contribution in [2.45, 2.75) is 31.1 Å². The highest BCUT2D eigenvalue weighted by atomic mass is 16.5. The van der Waals surface area contributed by atoms with Gasteiger partial charge in [0.15, 0.2) is 5.78 Å². The second-order valence-corrected chi connectivity index (χ2v) is 9.06. The fourth-order valence-electron chi connectivity index (χ4n) is 5.96. The zero-order valence-electron chi connectivity index (χ0n) is 18.2. The van der Waals surface area contributed by atoms with Crippen molar-refractivity contribution in [3.8, 4) is 17.2 Å². The molecule has 3 aliphatic rings. The summed E-state index contributed by atoms with van der Waals surface area (Å²) in [6, 6.07) is 1.79. The van der Waals surface area contributed by atoms with E-state index in [9.17, 15) is 40.0 Å². The minimum atomic E-state index is -3.18. The number of carbonyl (C=O) groups is 2. The monoisotopic (exact) mass is 483 g/mol. The van der Waals surface area contributed by atoms with Crippen molar-refractivity contribution >= 4 is 11.7 Å². The number of aromatic nitrogens is 1. The van der Waals surface area contributed by atoms with Crippen molar-refractivity contribution in [1.82, 2.24) is 4.98 Å². The second kappa shape index (κ2) is 7.48. The largest absolute Gasteiger partial charge is 0.512 e. The molecular formula is C23H21N3O9. The van der Waals surface area contributed by atoms with E-state index in [1.54, 1.807) is 13.0 Å². The number of nitrogens with two attached hydrogens (primary N) is 1. The molecule has 0 fully saturated rings. The third-order valence-electron chi connectivity index (χ3n) is 7.40. The number of ketones is 1. The van der Waals surface area contributed by atoms with Crippen LogP contribution in [-0.2, 0) is 4.79 Å². The Balaban J connectivity index is 1.75. The minimum Gasteiger partial charge on any atom is -0.512 e. The number of aliphatic hydroxyl groups is 4. The molecule has 7 N–H and O–H groups in total. The number of nitroso groups, excluding NO2 is 1. The quantitative estimate of drug-likeness (QED) is 0.273. The van der Waals surface area contributed by atoms with Crippen molar-refractivity contribution in [1.29, 1.82) is 0 Å². The van der Waals surface area contributed by atoms with Crippen molar-refractivity contribution in [2.75, 3.05) is 0 Å². The van der Waals surface area contributed by atoms with Gasteiger partial charge in [0.05, 0.1) is 23.2 Å². The van der Waals surface area contributed by atoms with Crippen LogP contribution in [0.5, 0.6) is 5.75 Å². The topological polar surface area (TPSA) is 217 Å². The third kappa shape index (κ3) is 2.90. The number of benzene rings is 1. The lowest BCUT2D eigenvalue weighted by molar-refractivity contribution is -0.196. The van der Waals surface area contributed by atoms with E-state index in [1.807, 2.05) is 0 Å². The number of aliphatic hydroxyl groups excluding tert-OH is 2. The van der Waals surface area contributed by atoms with Gasteiger partial charge in [0, 0.05) is 23.8 Å². The van der Waals surface area contributed by atoms with Crippen LogP contribution < -0.4 is 5.73 Å². The van der Waals surface area contributed by atoms with Crippen LogP contribution in [0.1, 0.15) is 35.2 Å². The van der Waals surface area contributed by atoms with Crippen molar-refractivity contribution in [2.24, 2.45) is 28.7 Å². The van der Waals surface area contributed by atoms with Crippen LogP contribution in [0.4, 0.5) is 0 Å². The predicted molar refractivity (Wildman–Crippen MR) is 117 cm³/mol. The lowest BCUT2D eigenvalue weighted by Gasteiger charge is -2.50. The molecule has 12 heteroatoms. The number of amides is 1. The number of primary amides is 1. The van der Waals surface area contributed by atoms with E-state index in [4.69, 9.17) is 10.2 Å². The molecule has 182 valence electrons. The number of hydrogen-bond acceptors (Lipinski definition) is 11. The number of hydrogen-bond donors (Lipinski definition) is 6. The molecule has 3 aliphatic carbocycles. The lowest BCUT2D eigenvalue weighted by Crippen LogP contribution is -2.58. The highest BCUT2D eigenvalue weighted by molar-refractivity contribution is 6.14. The van der Waals surface area contributed by atoms with E-state index in [1.165, 1.54) is 18.5 Å². The number of allylic oxidation sites excluding steroid dienone is 1. The summed E-state index contributed by atoms with van der Waals surface area (Å²) in [6.07, 6.45) is 2.24. The maximum atomic E-state index is 13.7. The third-order valence-corrected chi connectivity index (χ3v) is 7.40. The van der Waals surface area contributed by atoms with E-state index in [0.717, 1.165) is 0 Å². The van der Waals surface area contributed by atoms with Crippen molar-refractivity contribution in [3.63, 3.8) is 0 Å². The van der Waals surface area contributed by atoms with E-state index in [2.05, 4.69) is 10.2 Å². The zero-order chi connectivity index (χ0) is 25.4. The van der Waals surface area contributed by atoms with Crippen LogP contribution in [0.2, 0.25) is 0 Å². The van der Waals surface area contributed by atoms with Gasteiger partial charge >= 0.3 is 0 Å². The molecule has 12 nitrogen and oxygen atoms in total. The average molecular weight is 483 g/mol. The highest BCUT2D eigenvalue weighted by Gasteiger charge is 2.62. The van der Waals surface area contributed by atoms with Gasteiger partial charge in [0.2, 0.25) is 11.7 Å². The highest BCUT2D eigenvalue weighted by Crippen LogP contribution is 2.57. The van der Waals surface area contributed by atoms with Crippen LogP contribution in [0.3, 0.4) is 0 Å². The maximum absolute atomic E-state index is 13.7. The fraction of sp³-hybridized carbons (Fsp3) is 0.348. The Labute approximate surface area is 197 Å². The number of fused-ring (bicyclic) bond motifs is 3. The van der Waals surface area contributed by atoms with Gasteiger partial charge in [-0.3, -0.25) is 9.59 Å². The number of aromatic hydroxyl groups is 1. The first-order valence-electron chi connectivity index (χ1n) is 10.7. The molecule has 4 unspecified atom stereocenters. The SMILES string of the molecule is C[C@H]1c2ccc(-c3ncco3)c(O)c2C(=O)C2=C(O)C3C(CC(O)=C(C(N)=O)C3(O)O)C(N=O)C21. The molecule has 0 saturated carbocycles. The second-order valence-electron chi connectivity index (χ2n) is 9.06. The smallest absolute Gasteiger partial charge is 0.253 e. The predicted octanol–water partition coefficient (Wildman–Crippen LogP) is 1.54. The molecule has 0 bridgehead atoms. The van der Waals surface area contributed by atoms with Gasteiger partial charge in [-0.2, -0.15) is 4.91 Å². The molecule has 5 atom stereocenters. The van der Waals surface area contributed by atoms with Gasteiger partial charge in [-0.1, -0.05) is 18.2 Å². The first-order chi connectivity index (χ1) is 16.5. The van der Waals surface area contributed by atoms with Gasteiger partial charge in [-0.15, -0.1) is 0 Å². The van der Waals surface area contributed by atoms with E-state index in [-0.39, 0.29) is 22.6 Å². The molecule has 0 aliphatic heterocycles. The van der Waals surface area contributed by atoms with Crippen LogP contribution in [0.25, 0.3) is 11.5 Å². The van der Waals surface area contributed by atoms with Crippen LogP contribution >= 0.6 is 0 Å². The van der Waals surface area contributed by atoms with Gasteiger partial charge in [0.1, 0.15) is 35.1 Å². The Morgan fingerprint density at radius 1 is 1.26 bits per heavy atom. The number of phenols is 1. The Morgan fingerprint density at radius 2 is 1.97 bits per heavy atom. The van der Waals surface area contributed by atoms with E-state index >= 15 is 0 Å². The summed E-state index contributed by atoms with van der Waals surface area (Å²) in [7, 11) is 0. The molecule has 1 heterocycles. The number of phenolic OH excluding ortho intramolecular Hbond substituents is 1.